The Hall–Kier alpha value is -1.76. The van der Waals surface area contributed by atoms with Gasteiger partial charge in [-0.15, -0.1) is 0 Å². The van der Waals surface area contributed by atoms with E-state index in [0.29, 0.717) is 18.5 Å². The third kappa shape index (κ3) is 4.45. The van der Waals surface area contributed by atoms with Gasteiger partial charge in [0.05, 0.1) is 16.9 Å². The third-order valence-corrected chi connectivity index (χ3v) is 4.99. The van der Waals surface area contributed by atoms with Crippen LogP contribution >= 0.6 is 0 Å². The molecule has 1 amide bonds. The highest BCUT2D eigenvalue weighted by molar-refractivity contribution is 5.96. The molecule has 2 heterocycles. The van der Waals surface area contributed by atoms with Gasteiger partial charge in [0.1, 0.15) is 0 Å². The molecule has 0 spiro atoms. The van der Waals surface area contributed by atoms with Crippen molar-refractivity contribution in [1.29, 1.82) is 0 Å². The maximum absolute atomic E-state index is 13.1. The maximum Gasteiger partial charge on any atom is 0.416 e. The first-order valence-electron chi connectivity index (χ1n) is 8.93. The Kier molecular flexibility index (Phi) is 5.51. The van der Waals surface area contributed by atoms with Crippen molar-refractivity contribution in [2.75, 3.05) is 36.4 Å². The minimum atomic E-state index is -4.42. The Morgan fingerprint density at radius 1 is 1.12 bits per heavy atom. The van der Waals surface area contributed by atoms with Crippen LogP contribution in [-0.2, 0) is 11.0 Å². The highest BCUT2D eigenvalue weighted by Gasteiger charge is 2.32. The van der Waals surface area contributed by atoms with Crippen LogP contribution in [0, 0.1) is 5.92 Å². The summed E-state index contributed by atoms with van der Waals surface area (Å²) in [5, 5.41) is 5.97. The highest BCUT2D eigenvalue weighted by atomic mass is 19.4. The Labute approximate surface area is 145 Å². The lowest BCUT2D eigenvalue weighted by molar-refractivity contribution is -0.137. The molecule has 138 valence electrons. The van der Waals surface area contributed by atoms with Gasteiger partial charge in [-0.25, -0.2) is 0 Å². The summed E-state index contributed by atoms with van der Waals surface area (Å²) in [5.74, 6) is -0.330. The molecule has 0 bridgehead atoms. The molecular formula is C18H24F3N3O. The van der Waals surface area contributed by atoms with E-state index >= 15 is 0 Å². The van der Waals surface area contributed by atoms with Gasteiger partial charge < -0.3 is 15.5 Å². The molecule has 2 aliphatic heterocycles. The van der Waals surface area contributed by atoms with Gasteiger partial charge in [0, 0.05) is 19.0 Å². The fourth-order valence-corrected chi connectivity index (χ4v) is 3.54. The van der Waals surface area contributed by atoms with Crippen LogP contribution < -0.4 is 15.5 Å². The van der Waals surface area contributed by atoms with Crippen LogP contribution in [0.5, 0.6) is 0 Å². The predicted octanol–water partition coefficient (Wildman–Crippen LogP) is 3.63. The lowest BCUT2D eigenvalue weighted by Gasteiger charge is -2.31. The number of amides is 1. The van der Waals surface area contributed by atoms with Crippen molar-refractivity contribution in [2.45, 2.75) is 38.3 Å². The molecule has 1 aromatic rings. The van der Waals surface area contributed by atoms with Gasteiger partial charge in [-0.1, -0.05) is 0 Å². The summed E-state index contributed by atoms with van der Waals surface area (Å²) in [6.07, 6.45) is 0.168. The number of rotatable bonds is 3. The van der Waals surface area contributed by atoms with Crippen LogP contribution in [0.2, 0.25) is 0 Å². The van der Waals surface area contributed by atoms with Gasteiger partial charge in [-0.2, -0.15) is 13.2 Å². The second-order valence-corrected chi connectivity index (χ2v) is 6.79. The average molecular weight is 355 g/mol. The minimum Gasteiger partial charge on any atom is -0.370 e. The number of carbonyl (C=O) groups excluding carboxylic acids is 1. The largest absolute Gasteiger partial charge is 0.416 e. The molecule has 2 N–H and O–H groups in total. The van der Waals surface area contributed by atoms with E-state index in [2.05, 4.69) is 15.5 Å². The Bertz CT molecular complexity index is 606. The molecule has 2 saturated heterocycles. The first-order chi connectivity index (χ1) is 11.9. The summed E-state index contributed by atoms with van der Waals surface area (Å²) in [7, 11) is 0. The Balaban J connectivity index is 1.85. The Morgan fingerprint density at radius 2 is 1.80 bits per heavy atom. The average Bonchev–Trinajstić information content (AvgIpc) is 2.62. The standard InChI is InChI=1S/C18H24F3N3O/c19-18(20,21)14-4-5-16(24-10-2-1-3-11-24)15(12-14)23-17(25)13-6-8-22-9-7-13/h4-5,12-13,22H,1-3,6-11H2,(H,23,25). The van der Waals surface area contributed by atoms with E-state index in [0.717, 1.165) is 57.6 Å². The summed E-state index contributed by atoms with van der Waals surface area (Å²) in [6.45, 7) is 3.14. The zero-order valence-corrected chi connectivity index (χ0v) is 14.2. The van der Waals surface area contributed by atoms with Crippen molar-refractivity contribution in [3.8, 4) is 0 Å². The van der Waals surface area contributed by atoms with E-state index in [1.54, 1.807) is 0 Å². The lowest BCUT2D eigenvalue weighted by atomic mass is 9.97. The second kappa shape index (κ2) is 7.64. The van der Waals surface area contributed by atoms with Crippen molar-refractivity contribution >= 4 is 17.3 Å². The first kappa shape index (κ1) is 18.0. The molecule has 0 aliphatic carbocycles. The number of carbonyl (C=O) groups is 1. The summed E-state index contributed by atoms with van der Waals surface area (Å²) in [6, 6.07) is 3.67. The van der Waals surface area contributed by atoms with Crippen molar-refractivity contribution in [3.63, 3.8) is 0 Å². The number of anilines is 2. The number of hydrogen-bond acceptors (Lipinski definition) is 3. The van der Waals surface area contributed by atoms with E-state index in [1.807, 2.05) is 0 Å². The molecule has 1 aromatic carbocycles. The molecule has 0 atom stereocenters. The van der Waals surface area contributed by atoms with Crippen LogP contribution in [0.15, 0.2) is 18.2 Å². The lowest BCUT2D eigenvalue weighted by Crippen LogP contribution is -2.35. The van der Waals surface area contributed by atoms with Gasteiger partial charge in [-0.3, -0.25) is 4.79 Å². The van der Waals surface area contributed by atoms with Gasteiger partial charge >= 0.3 is 6.18 Å². The maximum atomic E-state index is 13.1. The summed E-state index contributed by atoms with van der Waals surface area (Å²) in [4.78, 5) is 14.6. The molecule has 0 aromatic heterocycles. The second-order valence-electron chi connectivity index (χ2n) is 6.79. The monoisotopic (exact) mass is 355 g/mol. The van der Waals surface area contributed by atoms with Crippen LogP contribution in [0.4, 0.5) is 24.5 Å². The molecule has 0 unspecified atom stereocenters. The molecule has 2 aliphatic rings. The number of nitrogens with zero attached hydrogens (tertiary/aromatic N) is 1. The van der Waals surface area contributed by atoms with Crippen molar-refractivity contribution in [2.24, 2.45) is 5.92 Å². The summed E-state index contributed by atoms with van der Waals surface area (Å²) < 4.78 is 39.3. The molecule has 0 radical (unpaired) electrons. The van der Waals surface area contributed by atoms with Crippen LogP contribution in [0.25, 0.3) is 0 Å². The van der Waals surface area contributed by atoms with Gasteiger partial charge in [0.25, 0.3) is 0 Å². The number of piperidine rings is 2. The smallest absolute Gasteiger partial charge is 0.370 e. The van der Waals surface area contributed by atoms with Crippen molar-refractivity contribution in [3.05, 3.63) is 23.8 Å². The quantitative estimate of drug-likeness (QED) is 0.870. The predicted molar refractivity (Wildman–Crippen MR) is 91.7 cm³/mol. The summed E-state index contributed by atoms with van der Waals surface area (Å²) >= 11 is 0. The number of hydrogen-bond donors (Lipinski definition) is 2. The molecule has 7 heteroatoms. The van der Waals surface area contributed by atoms with Crippen LogP contribution in [0.3, 0.4) is 0 Å². The zero-order valence-electron chi connectivity index (χ0n) is 14.2. The Morgan fingerprint density at radius 3 is 2.44 bits per heavy atom. The molecule has 3 rings (SSSR count). The van der Waals surface area contributed by atoms with E-state index in [9.17, 15) is 18.0 Å². The molecular weight excluding hydrogens is 331 g/mol. The summed E-state index contributed by atoms with van der Waals surface area (Å²) in [5.41, 5.74) is 0.240. The van der Waals surface area contributed by atoms with E-state index < -0.39 is 11.7 Å². The zero-order chi connectivity index (χ0) is 17.9. The van der Waals surface area contributed by atoms with Crippen molar-refractivity contribution < 1.29 is 18.0 Å². The molecule has 4 nitrogen and oxygen atoms in total. The fraction of sp³-hybridized carbons (Fsp3) is 0.611. The highest BCUT2D eigenvalue weighted by Crippen LogP contribution is 2.36. The number of nitrogens with one attached hydrogen (secondary N) is 2. The SMILES string of the molecule is O=C(Nc1cc(C(F)(F)F)ccc1N1CCCCC1)C1CCNCC1. The molecule has 0 saturated carbocycles. The van der Waals surface area contributed by atoms with E-state index in [4.69, 9.17) is 0 Å². The van der Waals surface area contributed by atoms with Crippen LogP contribution in [-0.4, -0.2) is 32.1 Å². The molecule has 25 heavy (non-hydrogen) atoms. The van der Waals surface area contributed by atoms with E-state index in [-0.39, 0.29) is 17.5 Å². The first-order valence-corrected chi connectivity index (χ1v) is 8.93. The van der Waals surface area contributed by atoms with Gasteiger partial charge in [-0.05, 0) is 63.4 Å². The number of benzene rings is 1. The third-order valence-electron chi connectivity index (χ3n) is 4.99. The van der Waals surface area contributed by atoms with Crippen LogP contribution in [0.1, 0.15) is 37.7 Å². The number of alkyl halides is 3. The fourth-order valence-electron chi connectivity index (χ4n) is 3.54. The van der Waals surface area contributed by atoms with E-state index in [1.165, 1.54) is 6.07 Å². The number of halogens is 3. The van der Waals surface area contributed by atoms with Gasteiger partial charge in [0.2, 0.25) is 5.91 Å². The van der Waals surface area contributed by atoms with Gasteiger partial charge in [0.15, 0.2) is 0 Å². The van der Waals surface area contributed by atoms with Crippen molar-refractivity contribution in [1.82, 2.24) is 5.32 Å². The normalized spacial score (nSPS) is 19.7. The topological polar surface area (TPSA) is 44.4 Å². The minimum absolute atomic E-state index is 0.148. The molecule has 2 fully saturated rings.